The van der Waals surface area contributed by atoms with Gasteiger partial charge in [0, 0.05) is 34.4 Å². The van der Waals surface area contributed by atoms with E-state index in [0.29, 0.717) is 40.6 Å². The van der Waals surface area contributed by atoms with Crippen LogP contribution in [0.4, 0.5) is 0 Å². The highest BCUT2D eigenvalue weighted by molar-refractivity contribution is 6.35. The number of rotatable bonds is 11. The number of benzene rings is 2. The molecule has 0 aliphatic carbocycles. The number of hydrogen-bond acceptors (Lipinski definition) is 5. The van der Waals surface area contributed by atoms with Crippen LogP contribution in [-0.4, -0.2) is 25.2 Å². The van der Waals surface area contributed by atoms with Gasteiger partial charge in [-0.15, -0.1) is 0 Å². The molecule has 3 rings (SSSR count). The predicted molar refractivity (Wildman–Crippen MR) is 120 cm³/mol. The van der Waals surface area contributed by atoms with Crippen molar-refractivity contribution in [1.82, 2.24) is 10.3 Å². The van der Waals surface area contributed by atoms with Gasteiger partial charge in [-0.1, -0.05) is 41.4 Å². The van der Waals surface area contributed by atoms with E-state index in [4.69, 9.17) is 37.4 Å². The molecule has 0 fully saturated rings. The average molecular weight is 447 g/mol. The van der Waals surface area contributed by atoms with E-state index in [9.17, 15) is 0 Å². The molecule has 1 heterocycles. The molecule has 0 unspecified atom stereocenters. The van der Waals surface area contributed by atoms with Crippen LogP contribution in [0.2, 0.25) is 10.0 Å². The summed E-state index contributed by atoms with van der Waals surface area (Å²) in [5.74, 6) is 1.99. The van der Waals surface area contributed by atoms with Gasteiger partial charge in [-0.25, -0.2) is 4.98 Å². The van der Waals surface area contributed by atoms with Crippen molar-refractivity contribution in [1.29, 1.82) is 0 Å². The van der Waals surface area contributed by atoms with E-state index in [1.54, 1.807) is 25.4 Å². The lowest BCUT2D eigenvalue weighted by atomic mass is 10.2. The zero-order valence-corrected chi connectivity index (χ0v) is 18.2. The van der Waals surface area contributed by atoms with Gasteiger partial charge in [-0.2, -0.15) is 0 Å². The quantitative estimate of drug-likeness (QED) is 0.392. The second-order valence-corrected chi connectivity index (χ2v) is 7.40. The van der Waals surface area contributed by atoms with E-state index < -0.39 is 0 Å². The van der Waals surface area contributed by atoms with Gasteiger partial charge in [0.25, 0.3) is 0 Å². The summed E-state index contributed by atoms with van der Waals surface area (Å²) in [7, 11) is 1.63. The summed E-state index contributed by atoms with van der Waals surface area (Å²) < 4.78 is 17.0. The maximum Gasteiger partial charge on any atom is 0.213 e. The molecule has 0 aliphatic rings. The van der Waals surface area contributed by atoms with Crippen LogP contribution in [0.15, 0.2) is 60.8 Å². The van der Waals surface area contributed by atoms with Crippen LogP contribution in [0.1, 0.15) is 17.5 Å². The number of methoxy groups -OCH3 is 1. The van der Waals surface area contributed by atoms with Gasteiger partial charge in [0.1, 0.15) is 6.61 Å². The van der Waals surface area contributed by atoms with Crippen LogP contribution in [0.5, 0.6) is 17.4 Å². The van der Waals surface area contributed by atoms with E-state index in [0.717, 1.165) is 30.6 Å². The summed E-state index contributed by atoms with van der Waals surface area (Å²) in [5, 5.41) is 4.58. The second-order valence-electron chi connectivity index (χ2n) is 6.56. The number of hydrogen-bond donors (Lipinski definition) is 1. The standard InChI is InChI=1S/C23H24Cl2N2O3/c1-28-22-13-17(15-26-10-4-12-29-23-5-2-3-11-27-23)6-9-21(22)30-16-18-7-8-19(24)14-20(18)25/h2-3,5-9,11,13-14,26H,4,10,12,15-16H2,1H3. The third-order valence-corrected chi connectivity index (χ3v) is 4.93. The normalized spacial score (nSPS) is 10.6. The average Bonchev–Trinajstić information content (AvgIpc) is 2.76. The molecule has 158 valence electrons. The highest BCUT2D eigenvalue weighted by Gasteiger charge is 2.08. The zero-order chi connectivity index (χ0) is 21.2. The molecule has 2 aromatic carbocycles. The van der Waals surface area contributed by atoms with E-state index in [1.165, 1.54) is 0 Å². The van der Waals surface area contributed by atoms with Crippen molar-refractivity contribution in [3.05, 3.63) is 82.0 Å². The Bertz CT molecular complexity index is 939. The molecule has 0 spiro atoms. The summed E-state index contributed by atoms with van der Waals surface area (Å²) in [6.07, 6.45) is 2.61. The Hall–Kier alpha value is -2.47. The smallest absolute Gasteiger partial charge is 0.213 e. The van der Waals surface area contributed by atoms with Crippen molar-refractivity contribution < 1.29 is 14.2 Å². The lowest BCUT2D eigenvalue weighted by molar-refractivity contribution is 0.284. The number of ether oxygens (including phenoxy) is 3. The molecule has 0 aliphatic heterocycles. The first kappa shape index (κ1) is 22.2. The van der Waals surface area contributed by atoms with Crippen LogP contribution < -0.4 is 19.5 Å². The van der Waals surface area contributed by atoms with E-state index in [2.05, 4.69) is 10.3 Å². The predicted octanol–water partition coefficient (Wildman–Crippen LogP) is 5.53. The fraction of sp³-hybridized carbons (Fsp3) is 0.261. The summed E-state index contributed by atoms with van der Waals surface area (Å²) in [6, 6.07) is 16.9. The lowest BCUT2D eigenvalue weighted by Gasteiger charge is -2.13. The maximum absolute atomic E-state index is 6.21. The lowest BCUT2D eigenvalue weighted by Crippen LogP contribution is -2.17. The number of aromatic nitrogens is 1. The molecular formula is C23H24Cl2N2O3. The van der Waals surface area contributed by atoms with Crippen LogP contribution in [0.25, 0.3) is 0 Å². The minimum Gasteiger partial charge on any atom is -0.493 e. The van der Waals surface area contributed by atoms with Gasteiger partial charge in [-0.05, 0) is 48.9 Å². The topological polar surface area (TPSA) is 52.6 Å². The molecule has 3 aromatic rings. The Kier molecular flexibility index (Phi) is 8.63. The van der Waals surface area contributed by atoms with Crippen LogP contribution >= 0.6 is 23.2 Å². The third kappa shape index (κ3) is 6.80. The first-order valence-electron chi connectivity index (χ1n) is 9.64. The molecule has 0 saturated heterocycles. The summed E-state index contributed by atoms with van der Waals surface area (Å²) >= 11 is 12.1. The van der Waals surface area contributed by atoms with Gasteiger partial charge in [-0.3, -0.25) is 0 Å². The minimum atomic E-state index is 0.334. The fourth-order valence-corrected chi connectivity index (χ4v) is 3.24. The molecule has 0 amide bonds. The molecule has 1 N–H and O–H groups in total. The molecule has 5 nitrogen and oxygen atoms in total. The van der Waals surface area contributed by atoms with Crippen LogP contribution in [-0.2, 0) is 13.2 Å². The molecule has 0 saturated carbocycles. The fourth-order valence-electron chi connectivity index (χ4n) is 2.77. The molecular weight excluding hydrogens is 423 g/mol. The van der Waals surface area contributed by atoms with E-state index >= 15 is 0 Å². The number of pyridine rings is 1. The highest BCUT2D eigenvalue weighted by atomic mass is 35.5. The van der Waals surface area contributed by atoms with Gasteiger partial charge in [0.2, 0.25) is 5.88 Å². The number of halogens is 2. The van der Waals surface area contributed by atoms with E-state index in [-0.39, 0.29) is 0 Å². The van der Waals surface area contributed by atoms with Crippen LogP contribution in [0.3, 0.4) is 0 Å². The Morgan fingerprint density at radius 2 is 1.87 bits per heavy atom. The number of nitrogens with one attached hydrogen (secondary N) is 1. The van der Waals surface area contributed by atoms with E-state index in [1.807, 2.05) is 42.5 Å². The molecule has 0 radical (unpaired) electrons. The second kappa shape index (κ2) is 11.6. The number of nitrogens with zero attached hydrogens (tertiary/aromatic N) is 1. The van der Waals surface area contributed by atoms with Crippen molar-refractivity contribution in [3.8, 4) is 17.4 Å². The Balaban J connectivity index is 1.44. The highest BCUT2D eigenvalue weighted by Crippen LogP contribution is 2.30. The van der Waals surface area contributed by atoms with Crippen molar-refractivity contribution in [2.75, 3.05) is 20.3 Å². The van der Waals surface area contributed by atoms with Gasteiger partial charge in [0.05, 0.1) is 13.7 Å². The summed E-state index contributed by atoms with van der Waals surface area (Å²) in [5.41, 5.74) is 1.97. The Morgan fingerprint density at radius 1 is 0.967 bits per heavy atom. The van der Waals surface area contributed by atoms with Crippen molar-refractivity contribution in [3.63, 3.8) is 0 Å². The Morgan fingerprint density at radius 3 is 2.63 bits per heavy atom. The molecule has 0 bridgehead atoms. The van der Waals surface area contributed by atoms with Gasteiger partial charge >= 0.3 is 0 Å². The maximum atomic E-state index is 6.21. The summed E-state index contributed by atoms with van der Waals surface area (Å²) in [4.78, 5) is 4.13. The van der Waals surface area contributed by atoms with Crippen molar-refractivity contribution in [2.45, 2.75) is 19.6 Å². The minimum absolute atomic E-state index is 0.334. The molecule has 1 aromatic heterocycles. The molecule has 0 atom stereocenters. The summed E-state index contributed by atoms with van der Waals surface area (Å²) in [6.45, 7) is 2.51. The van der Waals surface area contributed by atoms with Crippen LogP contribution in [0, 0.1) is 0 Å². The third-order valence-electron chi connectivity index (χ3n) is 4.34. The first-order valence-corrected chi connectivity index (χ1v) is 10.4. The van der Waals surface area contributed by atoms with Gasteiger partial charge in [0.15, 0.2) is 11.5 Å². The SMILES string of the molecule is COc1cc(CNCCCOc2ccccn2)ccc1OCc1ccc(Cl)cc1Cl. The largest absolute Gasteiger partial charge is 0.493 e. The zero-order valence-electron chi connectivity index (χ0n) is 16.7. The molecule has 30 heavy (non-hydrogen) atoms. The van der Waals surface area contributed by atoms with Crippen molar-refractivity contribution in [2.24, 2.45) is 0 Å². The molecule has 7 heteroatoms. The van der Waals surface area contributed by atoms with Gasteiger partial charge < -0.3 is 19.5 Å². The monoisotopic (exact) mass is 446 g/mol. The first-order chi connectivity index (χ1) is 14.7. The Labute approximate surface area is 186 Å². The van der Waals surface area contributed by atoms with Crippen molar-refractivity contribution >= 4 is 23.2 Å².